The minimum Gasteiger partial charge on any atom is -0.143 e. The second kappa shape index (κ2) is 4.86. The molecular weight excluding hydrogens is 268 g/mol. The molecule has 0 aromatic heterocycles. The van der Waals surface area contributed by atoms with Crippen molar-refractivity contribution in [2.75, 3.05) is 0 Å². The van der Waals surface area contributed by atoms with Gasteiger partial charge in [0.1, 0.15) is 0 Å². The Morgan fingerprint density at radius 3 is 2.33 bits per heavy atom. The Kier molecular flexibility index (Phi) is 3.49. The van der Waals surface area contributed by atoms with E-state index in [4.69, 9.17) is 0 Å². The van der Waals surface area contributed by atoms with Crippen LogP contribution in [0, 0.1) is 0 Å². The van der Waals surface area contributed by atoms with Gasteiger partial charge in [-0.1, -0.05) is 52.3 Å². The lowest BCUT2D eigenvalue weighted by molar-refractivity contribution is 1.29. The summed E-state index contributed by atoms with van der Waals surface area (Å²) < 4.78 is 0. The van der Waals surface area contributed by atoms with Crippen molar-refractivity contribution in [2.24, 2.45) is 0 Å². The Balaban J connectivity index is 2.46. The van der Waals surface area contributed by atoms with E-state index in [9.17, 15) is 0 Å². The Labute approximate surface area is 104 Å². The maximum absolute atomic E-state index is 4.41. The largest absolute Gasteiger partial charge is 0.143 e. The number of halogens is 1. The molecule has 0 saturated carbocycles. The van der Waals surface area contributed by atoms with Crippen molar-refractivity contribution in [3.05, 3.63) is 54.1 Å². The summed E-state index contributed by atoms with van der Waals surface area (Å²) in [4.78, 5) is 1.03. The maximum atomic E-state index is 4.41. The van der Waals surface area contributed by atoms with E-state index in [0.29, 0.717) is 0 Å². The zero-order valence-corrected chi connectivity index (χ0v) is 10.6. The van der Waals surface area contributed by atoms with Crippen LogP contribution in [-0.4, -0.2) is 0 Å². The fourth-order valence-corrected chi connectivity index (χ4v) is 2.40. The number of rotatable bonds is 2. The normalized spacial score (nSPS) is 10.3. The topological polar surface area (TPSA) is 0 Å². The molecule has 0 nitrogen and oxygen atoms in total. The summed E-state index contributed by atoms with van der Waals surface area (Å²) in [5.41, 5.74) is 3.70. The van der Waals surface area contributed by atoms with Gasteiger partial charge in [-0.2, -0.15) is 0 Å². The maximum Gasteiger partial charge on any atom is 0.0294 e. The van der Waals surface area contributed by atoms with Crippen molar-refractivity contribution in [1.29, 1.82) is 0 Å². The number of benzene rings is 2. The van der Waals surface area contributed by atoms with E-state index in [1.54, 1.807) is 0 Å². The standard InChI is InChI=1S/C13H11BrS/c14-9-12-8-11(6-7-13(12)15)10-4-2-1-3-5-10/h1-8,15H,9H2. The van der Waals surface area contributed by atoms with Crippen molar-refractivity contribution in [1.82, 2.24) is 0 Å². The summed E-state index contributed by atoms with van der Waals surface area (Å²) >= 11 is 7.87. The zero-order chi connectivity index (χ0) is 10.7. The first-order chi connectivity index (χ1) is 7.31. The van der Waals surface area contributed by atoms with Crippen LogP contribution in [0.3, 0.4) is 0 Å². The summed E-state index contributed by atoms with van der Waals surface area (Å²) in [6.07, 6.45) is 0. The molecule has 0 atom stereocenters. The second-order valence-electron chi connectivity index (χ2n) is 3.34. The van der Waals surface area contributed by atoms with Crippen molar-refractivity contribution in [2.45, 2.75) is 10.2 Å². The molecule has 2 rings (SSSR count). The molecule has 0 fully saturated rings. The quantitative estimate of drug-likeness (QED) is 0.605. The van der Waals surface area contributed by atoms with Crippen LogP contribution in [0.25, 0.3) is 11.1 Å². The first-order valence-electron chi connectivity index (χ1n) is 4.74. The first kappa shape index (κ1) is 10.8. The van der Waals surface area contributed by atoms with Crippen LogP contribution >= 0.6 is 28.6 Å². The lowest BCUT2D eigenvalue weighted by Crippen LogP contribution is -1.83. The third kappa shape index (κ3) is 2.44. The van der Waals surface area contributed by atoms with Gasteiger partial charge < -0.3 is 0 Å². The number of alkyl halides is 1. The molecule has 0 heterocycles. The highest BCUT2D eigenvalue weighted by atomic mass is 79.9. The van der Waals surface area contributed by atoms with Crippen molar-refractivity contribution < 1.29 is 0 Å². The van der Waals surface area contributed by atoms with Gasteiger partial charge in [-0.15, -0.1) is 12.6 Å². The predicted octanol–water partition coefficient (Wildman–Crippen LogP) is 4.54. The highest BCUT2D eigenvalue weighted by molar-refractivity contribution is 9.08. The first-order valence-corrected chi connectivity index (χ1v) is 6.31. The van der Waals surface area contributed by atoms with Gasteiger partial charge in [0.05, 0.1) is 0 Å². The van der Waals surface area contributed by atoms with Gasteiger partial charge in [0, 0.05) is 10.2 Å². The Morgan fingerprint density at radius 2 is 1.67 bits per heavy atom. The second-order valence-corrected chi connectivity index (χ2v) is 4.39. The van der Waals surface area contributed by atoms with E-state index in [1.807, 2.05) is 12.1 Å². The summed E-state index contributed by atoms with van der Waals surface area (Å²) in [7, 11) is 0. The van der Waals surface area contributed by atoms with Crippen LogP contribution in [0.2, 0.25) is 0 Å². The molecule has 0 amide bonds. The fraction of sp³-hybridized carbons (Fsp3) is 0.0769. The molecule has 0 aliphatic heterocycles. The van der Waals surface area contributed by atoms with Gasteiger partial charge in [-0.25, -0.2) is 0 Å². The van der Waals surface area contributed by atoms with Crippen molar-refractivity contribution in [3.63, 3.8) is 0 Å². The van der Waals surface area contributed by atoms with Crippen molar-refractivity contribution >= 4 is 28.6 Å². The number of hydrogen-bond acceptors (Lipinski definition) is 1. The summed E-state index contributed by atoms with van der Waals surface area (Å²) in [6.45, 7) is 0. The van der Waals surface area contributed by atoms with Crippen molar-refractivity contribution in [3.8, 4) is 11.1 Å². The van der Waals surface area contributed by atoms with Gasteiger partial charge in [0.2, 0.25) is 0 Å². The molecule has 2 heteroatoms. The molecule has 0 spiro atoms. The average Bonchev–Trinajstić information content (AvgIpc) is 2.31. The molecule has 0 unspecified atom stereocenters. The fourth-order valence-electron chi connectivity index (χ4n) is 1.50. The molecule has 0 saturated heterocycles. The van der Waals surface area contributed by atoms with E-state index in [1.165, 1.54) is 16.7 Å². The third-order valence-corrected chi connectivity index (χ3v) is 3.37. The van der Waals surface area contributed by atoms with E-state index in [0.717, 1.165) is 10.2 Å². The average molecular weight is 279 g/mol. The molecule has 0 aliphatic rings. The van der Waals surface area contributed by atoms with Crippen LogP contribution in [-0.2, 0) is 5.33 Å². The molecule has 0 aliphatic carbocycles. The SMILES string of the molecule is Sc1ccc(-c2ccccc2)cc1CBr. The molecule has 0 N–H and O–H groups in total. The molecule has 76 valence electrons. The highest BCUT2D eigenvalue weighted by Crippen LogP contribution is 2.25. The Bertz CT molecular complexity index is 451. The van der Waals surface area contributed by atoms with Crippen LogP contribution < -0.4 is 0 Å². The minimum absolute atomic E-state index is 0.840. The Hall–Kier alpha value is -0.730. The van der Waals surface area contributed by atoms with E-state index < -0.39 is 0 Å². The van der Waals surface area contributed by atoms with E-state index >= 15 is 0 Å². The van der Waals surface area contributed by atoms with Gasteiger partial charge in [0.15, 0.2) is 0 Å². The van der Waals surface area contributed by atoms with Gasteiger partial charge in [-0.3, -0.25) is 0 Å². The van der Waals surface area contributed by atoms with Crippen LogP contribution in [0.4, 0.5) is 0 Å². The molecule has 2 aromatic carbocycles. The van der Waals surface area contributed by atoms with Gasteiger partial charge in [-0.05, 0) is 28.8 Å². The molecule has 0 bridgehead atoms. The van der Waals surface area contributed by atoms with Crippen LogP contribution in [0.15, 0.2) is 53.4 Å². The van der Waals surface area contributed by atoms with Crippen LogP contribution in [0.5, 0.6) is 0 Å². The smallest absolute Gasteiger partial charge is 0.0294 e. The monoisotopic (exact) mass is 278 g/mol. The molecule has 15 heavy (non-hydrogen) atoms. The highest BCUT2D eigenvalue weighted by Gasteiger charge is 2.01. The van der Waals surface area contributed by atoms with Crippen LogP contribution in [0.1, 0.15) is 5.56 Å². The number of hydrogen-bond donors (Lipinski definition) is 1. The third-order valence-electron chi connectivity index (χ3n) is 2.33. The summed E-state index contributed by atoms with van der Waals surface area (Å²) in [6, 6.07) is 16.7. The zero-order valence-electron chi connectivity index (χ0n) is 8.15. The van der Waals surface area contributed by atoms with E-state index in [-0.39, 0.29) is 0 Å². The lowest BCUT2D eigenvalue weighted by atomic mass is 10.0. The number of thiol groups is 1. The predicted molar refractivity (Wildman–Crippen MR) is 71.8 cm³/mol. The molecular formula is C13H11BrS. The molecule has 0 radical (unpaired) electrons. The minimum atomic E-state index is 0.840. The van der Waals surface area contributed by atoms with E-state index in [2.05, 4.69) is 65.0 Å². The summed E-state index contributed by atoms with van der Waals surface area (Å²) in [5.74, 6) is 0. The summed E-state index contributed by atoms with van der Waals surface area (Å²) in [5, 5.41) is 0.840. The van der Waals surface area contributed by atoms with Gasteiger partial charge in [0.25, 0.3) is 0 Å². The van der Waals surface area contributed by atoms with Gasteiger partial charge >= 0.3 is 0 Å². The molecule has 2 aromatic rings. The Morgan fingerprint density at radius 1 is 0.933 bits per heavy atom. The lowest BCUT2D eigenvalue weighted by Gasteiger charge is -2.06.